The largest absolute Gasteiger partial charge is 0.469 e. The molecule has 6 nitrogen and oxygen atoms in total. The van der Waals surface area contributed by atoms with Crippen LogP contribution in [0.1, 0.15) is 74.0 Å². The molecule has 0 saturated heterocycles. The van der Waals surface area contributed by atoms with Gasteiger partial charge in [-0.15, -0.1) is 0 Å². The van der Waals surface area contributed by atoms with Gasteiger partial charge in [0.2, 0.25) is 0 Å². The van der Waals surface area contributed by atoms with Crippen molar-refractivity contribution in [3.8, 4) is 0 Å². The molecule has 0 saturated carbocycles. The van der Waals surface area contributed by atoms with Gasteiger partial charge in [-0.2, -0.15) is 13.2 Å². The Hall–Kier alpha value is -3.14. The van der Waals surface area contributed by atoms with Crippen molar-refractivity contribution in [2.45, 2.75) is 62.8 Å². The first-order valence-electron chi connectivity index (χ1n) is 12.6. The third-order valence-corrected chi connectivity index (χ3v) is 5.92. The molecule has 224 valence electrons. The SMILES string of the molecule is C/C=C/c1ccc(C(O)C(OC(=O)CCCCC(=O)OC)c2ccc(/C=C/C)cc2)cc1.O=C(C(Cl)Cl)C(F)(F)F. The highest BCUT2D eigenvalue weighted by Gasteiger charge is 2.42. The molecule has 11 heteroatoms. The summed E-state index contributed by atoms with van der Waals surface area (Å²) in [6, 6.07) is 15.1. The quantitative estimate of drug-likeness (QED) is 0.149. The number of ketones is 1. The minimum atomic E-state index is -4.92. The molecule has 0 aliphatic rings. The smallest absolute Gasteiger partial charge is 0.452 e. The number of halogens is 5. The van der Waals surface area contributed by atoms with Crippen molar-refractivity contribution >= 4 is 53.1 Å². The number of methoxy groups -OCH3 is 1. The molecule has 0 amide bonds. The van der Waals surface area contributed by atoms with Crippen molar-refractivity contribution in [1.82, 2.24) is 0 Å². The highest BCUT2D eigenvalue weighted by atomic mass is 35.5. The molecular weight excluding hydrogens is 584 g/mol. The molecule has 2 aromatic carbocycles. The highest BCUT2D eigenvalue weighted by Crippen LogP contribution is 2.33. The van der Waals surface area contributed by atoms with Gasteiger partial charge in [-0.3, -0.25) is 14.4 Å². The van der Waals surface area contributed by atoms with Crippen molar-refractivity contribution < 1.29 is 42.1 Å². The van der Waals surface area contributed by atoms with Crippen LogP contribution in [0, 0.1) is 0 Å². The second kappa shape index (κ2) is 18.3. The lowest BCUT2D eigenvalue weighted by Crippen LogP contribution is -2.27. The molecule has 0 radical (unpaired) electrons. The number of carbonyl (C=O) groups excluding carboxylic acids is 3. The molecule has 0 aromatic heterocycles. The summed E-state index contributed by atoms with van der Waals surface area (Å²) < 4.78 is 43.9. The van der Waals surface area contributed by atoms with Crippen molar-refractivity contribution in [2.75, 3.05) is 7.11 Å². The van der Waals surface area contributed by atoms with E-state index in [0.717, 1.165) is 11.1 Å². The molecule has 2 atom stereocenters. The van der Waals surface area contributed by atoms with E-state index in [9.17, 15) is 32.7 Å². The van der Waals surface area contributed by atoms with Crippen LogP contribution in [0.5, 0.6) is 0 Å². The molecule has 41 heavy (non-hydrogen) atoms. The van der Waals surface area contributed by atoms with Crippen LogP contribution in [-0.4, -0.2) is 41.0 Å². The molecule has 0 bridgehead atoms. The Morgan fingerprint density at radius 1 is 0.829 bits per heavy atom. The van der Waals surface area contributed by atoms with Crippen LogP contribution >= 0.6 is 23.2 Å². The number of hydrogen-bond acceptors (Lipinski definition) is 6. The number of benzene rings is 2. The number of alkyl halides is 5. The maximum Gasteiger partial charge on any atom is 0.452 e. The van der Waals surface area contributed by atoms with Gasteiger partial charge in [0.1, 0.15) is 6.10 Å². The van der Waals surface area contributed by atoms with Gasteiger partial charge in [0.15, 0.2) is 10.9 Å². The summed E-state index contributed by atoms with van der Waals surface area (Å²) in [7, 11) is 1.34. The van der Waals surface area contributed by atoms with Crippen LogP contribution in [0.3, 0.4) is 0 Å². The number of ether oxygens (including phenoxy) is 2. The van der Waals surface area contributed by atoms with E-state index in [4.69, 9.17) is 4.74 Å². The van der Waals surface area contributed by atoms with Gasteiger partial charge in [0.05, 0.1) is 7.11 Å². The van der Waals surface area contributed by atoms with E-state index in [1.807, 2.05) is 86.7 Å². The number of aliphatic hydroxyl groups is 1. The van der Waals surface area contributed by atoms with Crippen molar-refractivity contribution in [3.05, 3.63) is 82.9 Å². The van der Waals surface area contributed by atoms with E-state index in [1.54, 1.807) is 0 Å². The lowest BCUT2D eigenvalue weighted by Gasteiger charge is -2.24. The molecule has 2 unspecified atom stereocenters. The molecule has 0 aliphatic heterocycles. The maximum atomic E-state index is 12.5. The van der Waals surface area contributed by atoms with Crippen LogP contribution in [0.2, 0.25) is 0 Å². The number of Topliss-reactive ketones (excluding diaryl/α,β-unsaturated/α-hetero) is 1. The molecular formula is C30H33Cl2F3O6. The Labute approximate surface area is 247 Å². The van der Waals surface area contributed by atoms with E-state index < -0.39 is 35.0 Å². The standard InChI is InChI=1S/C27H32O5.C3HCl2F3O/c1-4-8-20-12-16-22(17-13-20)26(30)27(23-18-14-21(9-5-2)15-19-23)32-25(29)11-7-6-10-24(28)31-3;4-2(5)1(9)3(6,7)8/h4-5,8-9,12-19,26-27,30H,6-7,10-11H2,1-3H3;2H/b8-4+,9-5+;. The Bertz CT molecular complexity index is 1160. The molecule has 0 fully saturated rings. The number of carbonyl (C=O) groups is 3. The van der Waals surface area contributed by atoms with Crippen molar-refractivity contribution in [1.29, 1.82) is 0 Å². The summed E-state index contributed by atoms with van der Waals surface area (Å²) in [6.07, 6.45) is 2.55. The molecule has 0 heterocycles. The maximum absolute atomic E-state index is 12.5. The van der Waals surface area contributed by atoms with Crippen LogP contribution in [0.25, 0.3) is 12.2 Å². The molecule has 2 rings (SSSR count). The minimum absolute atomic E-state index is 0.164. The van der Waals surface area contributed by atoms with Gasteiger partial charge < -0.3 is 14.6 Å². The number of rotatable bonds is 12. The predicted octanol–water partition coefficient (Wildman–Crippen LogP) is 7.73. The Morgan fingerprint density at radius 3 is 1.63 bits per heavy atom. The zero-order chi connectivity index (χ0) is 31.0. The third kappa shape index (κ3) is 13.4. The van der Waals surface area contributed by atoms with Crippen LogP contribution in [-0.2, 0) is 23.9 Å². The predicted molar refractivity (Wildman–Crippen MR) is 153 cm³/mol. The Morgan fingerprint density at radius 2 is 1.27 bits per heavy atom. The number of aliphatic hydroxyl groups excluding tert-OH is 1. The van der Waals surface area contributed by atoms with E-state index in [1.165, 1.54) is 7.11 Å². The van der Waals surface area contributed by atoms with Gasteiger partial charge in [-0.05, 0) is 48.9 Å². The summed E-state index contributed by atoms with van der Waals surface area (Å²) in [5.41, 5.74) is 3.43. The number of hydrogen-bond donors (Lipinski definition) is 1. The Balaban J connectivity index is 0.000000803. The van der Waals surface area contributed by atoms with Crippen LogP contribution in [0.4, 0.5) is 13.2 Å². The van der Waals surface area contributed by atoms with Gasteiger partial charge in [0.25, 0.3) is 5.78 Å². The van der Waals surface area contributed by atoms with Gasteiger partial charge >= 0.3 is 18.1 Å². The van der Waals surface area contributed by atoms with Gasteiger partial charge in [-0.25, -0.2) is 0 Å². The first-order chi connectivity index (χ1) is 19.3. The normalized spacial score (nSPS) is 13.0. The summed E-state index contributed by atoms with van der Waals surface area (Å²) in [6.45, 7) is 3.89. The molecule has 2 aromatic rings. The summed E-state index contributed by atoms with van der Waals surface area (Å²) >= 11 is 9.22. The second-order valence-corrected chi connectivity index (χ2v) is 9.73. The van der Waals surface area contributed by atoms with Gasteiger partial charge in [0, 0.05) is 12.8 Å². The first kappa shape index (κ1) is 35.9. The van der Waals surface area contributed by atoms with E-state index in [0.29, 0.717) is 24.0 Å². The first-order valence-corrected chi connectivity index (χ1v) is 13.5. The zero-order valence-corrected chi connectivity index (χ0v) is 24.4. The Kier molecular flexibility index (Phi) is 16.0. The fraction of sp³-hybridized carbons (Fsp3) is 0.367. The summed E-state index contributed by atoms with van der Waals surface area (Å²) in [4.78, 5) is 31.5. The summed E-state index contributed by atoms with van der Waals surface area (Å²) in [5.74, 6) is -2.85. The highest BCUT2D eigenvalue weighted by molar-refractivity contribution is 6.54. The summed E-state index contributed by atoms with van der Waals surface area (Å²) in [5, 5.41) is 11.1. The number of esters is 2. The third-order valence-electron chi connectivity index (χ3n) is 5.52. The minimum Gasteiger partial charge on any atom is -0.469 e. The van der Waals surface area contributed by atoms with Crippen LogP contribution in [0.15, 0.2) is 60.7 Å². The van der Waals surface area contributed by atoms with E-state index in [2.05, 4.69) is 27.9 Å². The van der Waals surface area contributed by atoms with Crippen LogP contribution < -0.4 is 0 Å². The van der Waals surface area contributed by atoms with Crippen molar-refractivity contribution in [3.63, 3.8) is 0 Å². The molecule has 0 aliphatic carbocycles. The molecule has 1 N–H and O–H groups in total. The lowest BCUT2D eigenvalue weighted by atomic mass is 9.96. The van der Waals surface area contributed by atoms with E-state index >= 15 is 0 Å². The molecule has 0 spiro atoms. The number of allylic oxidation sites excluding steroid dienone is 2. The fourth-order valence-corrected chi connectivity index (χ4v) is 3.69. The monoisotopic (exact) mass is 616 g/mol. The number of unbranched alkanes of at least 4 members (excludes halogenated alkanes) is 1. The van der Waals surface area contributed by atoms with E-state index in [-0.39, 0.29) is 18.8 Å². The average Bonchev–Trinajstić information content (AvgIpc) is 2.94. The lowest BCUT2D eigenvalue weighted by molar-refractivity contribution is -0.169. The zero-order valence-electron chi connectivity index (χ0n) is 22.9. The topological polar surface area (TPSA) is 89.9 Å². The fourth-order valence-electron chi connectivity index (χ4n) is 3.44. The second-order valence-electron chi connectivity index (χ2n) is 8.63. The average molecular weight is 617 g/mol. The van der Waals surface area contributed by atoms with Crippen molar-refractivity contribution in [2.24, 2.45) is 0 Å². The van der Waals surface area contributed by atoms with Gasteiger partial charge in [-0.1, -0.05) is 96.0 Å².